The van der Waals surface area contributed by atoms with Gasteiger partial charge in [-0.15, -0.1) is 0 Å². The zero-order valence-electron chi connectivity index (χ0n) is 12.5. The molecule has 124 valence electrons. The van der Waals surface area contributed by atoms with E-state index in [2.05, 4.69) is 16.0 Å². The van der Waals surface area contributed by atoms with E-state index >= 15 is 0 Å². The van der Waals surface area contributed by atoms with Crippen LogP contribution < -0.4 is 16.0 Å². The summed E-state index contributed by atoms with van der Waals surface area (Å²) in [4.78, 5) is 23.8. The molecule has 2 rings (SSSR count). The number of anilines is 1. The molecule has 5 nitrogen and oxygen atoms in total. The first-order chi connectivity index (χ1) is 11.4. The molecular formula is C16H13Cl2N3O2S. The van der Waals surface area contributed by atoms with Crippen LogP contribution in [0.4, 0.5) is 5.69 Å². The quantitative estimate of drug-likeness (QED) is 0.711. The third-order valence-electron chi connectivity index (χ3n) is 2.96. The lowest BCUT2D eigenvalue weighted by molar-refractivity contribution is 0.0959. The van der Waals surface area contributed by atoms with Crippen LogP contribution in [-0.4, -0.2) is 24.0 Å². The molecule has 0 aromatic heterocycles. The summed E-state index contributed by atoms with van der Waals surface area (Å²) in [6.45, 7) is 0. The normalized spacial score (nSPS) is 9.96. The van der Waals surface area contributed by atoms with Gasteiger partial charge in [-0.1, -0.05) is 29.3 Å². The highest BCUT2D eigenvalue weighted by atomic mass is 35.5. The van der Waals surface area contributed by atoms with Gasteiger partial charge in [0.15, 0.2) is 5.11 Å². The summed E-state index contributed by atoms with van der Waals surface area (Å²) < 4.78 is 0. The molecule has 0 aliphatic rings. The van der Waals surface area contributed by atoms with E-state index in [1.54, 1.807) is 31.3 Å². The highest BCUT2D eigenvalue weighted by Gasteiger charge is 2.11. The second kappa shape index (κ2) is 8.10. The van der Waals surface area contributed by atoms with Gasteiger partial charge >= 0.3 is 0 Å². The number of hydrogen-bond acceptors (Lipinski definition) is 3. The third-order valence-corrected chi connectivity index (χ3v) is 3.60. The van der Waals surface area contributed by atoms with E-state index in [1.165, 1.54) is 18.2 Å². The van der Waals surface area contributed by atoms with E-state index in [9.17, 15) is 9.59 Å². The maximum absolute atomic E-state index is 12.2. The van der Waals surface area contributed by atoms with Gasteiger partial charge in [-0.2, -0.15) is 0 Å². The van der Waals surface area contributed by atoms with Crippen LogP contribution in [0.5, 0.6) is 0 Å². The van der Waals surface area contributed by atoms with Crippen molar-refractivity contribution in [2.75, 3.05) is 12.4 Å². The number of hydrogen-bond donors (Lipinski definition) is 3. The van der Waals surface area contributed by atoms with E-state index in [0.29, 0.717) is 21.3 Å². The molecular weight excluding hydrogens is 369 g/mol. The lowest BCUT2D eigenvalue weighted by atomic mass is 10.2. The molecule has 0 fully saturated rings. The average Bonchev–Trinajstić information content (AvgIpc) is 2.53. The summed E-state index contributed by atoms with van der Waals surface area (Å²) in [5, 5.41) is 8.69. The maximum Gasteiger partial charge on any atom is 0.257 e. The number of carbonyl (C=O) groups is 2. The van der Waals surface area contributed by atoms with Gasteiger partial charge in [0.1, 0.15) is 0 Å². The van der Waals surface area contributed by atoms with Gasteiger partial charge in [-0.05, 0) is 48.6 Å². The number of rotatable bonds is 3. The Hall–Kier alpha value is -2.15. The van der Waals surface area contributed by atoms with Gasteiger partial charge in [0, 0.05) is 33.9 Å². The van der Waals surface area contributed by atoms with E-state index in [-0.39, 0.29) is 16.6 Å². The van der Waals surface area contributed by atoms with Crippen molar-refractivity contribution in [1.29, 1.82) is 0 Å². The highest BCUT2D eigenvalue weighted by molar-refractivity contribution is 7.80. The van der Waals surface area contributed by atoms with Gasteiger partial charge in [-0.3, -0.25) is 14.9 Å². The Kier molecular flexibility index (Phi) is 6.14. The van der Waals surface area contributed by atoms with Crippen LogP contribution in [0.1, 0.15) is 20.7 Å². The van der Waals surface area contributed by atoms with Crippen molar-refractivity contribution >= 4 is 58.0 Å². The van der Waals surface area contributed by atoms with Crippen molar-refractivity contribution in [2.45, 2.75) is 0 Å². The van der Waals surface area contributed by atoms with Crippen molar-refractivity contribution in [3.63, 3.8) is 0 Å². The molecule has 2 aromatic carbocycles. The maximum atomic E-state index is 12.2. The van der Waals surface area contributed by atoms with Crippen molar-refractivity contribution in [2.24, 2.45) is 0 Å². The first-order valence-corrected chi connectivity index (χ1v) is 7.96. The molecule has 0 saturated heterocycles. The summed E-state index contributed by atoms with van der Waals surface area (Å²) in [7, 11) is 1.55. The molecule has 0 aliphatic carbocycles. The van der Waals surface area contributed by atoms with Gasteiger partial charge in [0.25, 0.3) is 11.8 Å². The van der Waals surface area contributed by atoms with Crippen molar-refractivity contribution in [1.82, 2.24) is 10.6 Å². The van der Waals surface area contributed by atoms with Crippen molar-refractivity contribution in [3.8, 4) is 0 Å². The molecule has 0 radical (unpaired) electrons. The Morgan fingerprint density at radius 2 is 1.62 bits per heavy atom. The fourth-order valence-corrected chi connectivity index (χ4v) is 2.64. The lowest BCUT2D eigenvalue weighted by Crippen LogP contribution is -2.34. The van der Waals surface area contributed by atoms with Crippen LogP contribution in [0.15, 0.2) is 42.5 Å². The molecule has 24 heavy (non-hydrogen) atoms. The van der Waals surface area contributed by atoms with E-state index in [0.717, 1.165) is 0 Å². The standard InChI is InChI=1S/C16H13Cl2N3O2S/c1-19-14(22)9-3-2-4-13(7-9)20-16(24)21-15(23)10-5-11(17)8-12(18)6-10/h2-8H,1H3,(H,19,22)(H2,20,21,23,24). The van der Waals surface area contributed by atoms with Crippen LogP contribution in [0, 0.1) is 0 Å². The van der Waals surface area contributed by atoms with Gasteiger partial charge in [0.05, 0.1) is 0 Å². The Morgan fingerprint density at radius 3 is 2.25 bits per heavy atom. The molecule has 0 heterocycles. The average molecular weight is 382 g/mol. The molecule has 0 aliphatic heterocycles. The number of thiocarbonyl (C=S) groups is 1. The summed E-state index contributed by atoms with van der Waals surface area (Å²) >= 11 is 16.8. The smallest absolute Gasteiger partial charge is 0.257 e. The largest absolute Gasteiger partial charge is 0.355 e. The number of carbonyl (C=O) groups excluding carboxylic acids is 2. The Labute approximate surface area is 154 Å². The Balaban J connectivity index is 2.05. The summed E-state index contributed by atoms with van der Waals surface area (Å²) in [6.07, 6.45) is 0. The molecule has 0 unspecified atom stereocenters. The SMILES string of the molecule is CNC(=O)c1cccc(NC(=S)NC(=O)c2cc(Cl)cc(Cl)c2)c1. The van der Waals surface area contributed by atoms with E-state index < -0.39 is 5.91 Å². The van der Waals surface area contributed by atoms with Crippen LogP contribution in [-0.2, 0) is 0 Å². The fraction of sp³-hybridized carbons (Fsp3) is 0.0625. The highest BCUT2D eigenvalue weighted by Crippen LogP contribution is 2.19. The van der Waals surface area contributed by atoms with Crippen LogP contribution in [0.2, 0.25) is 10.0 Å². The predicted molar refractivity (Wildman–Crippen MR) is 100.0 cm³/mol. The summed E-state index contributed by atoms with van der Waals surface area (Å²) in [5.41, 5.74) is 1.33. The van der Waals surface area contributed by atoms with Crippen LogP contribution >= 0.6 is 35.4 Å². The molecule has 0 saturated carbocycles. The van der Waals surface area contributed by atoms with Crippen molar-refractivity contribution < 1.29 is 9.59 Å². The molecule has 2 aromatic rings. The van der Waals surface area contributed by atoms with Crippen LogP contribution in [0.3, 0.4) is 0 Å². The molecule has 0 bridgehead atoms. The fourth-order valence-electron chi connectivity index (χ4n) is 1.91. The first-order valence-electron chi connectivity index (χ1n) is 6.79. The third kappa shape index (κ3) is 4.92. The summed E-state index contributed by atoms with van der Waals surface area (Å²) in [6, 6.07) is 11.2. The molecule has 0 atom stereocenters. The predicted octanol–water partition coefficient (Wildman–Crippen LogP) is 3.48. The zero-order chi connectivity index (χ0) is 17.7. The zero-order valence-corrected chi connectivity index (χ0v) is 14.9. The molecule has 2 amide bonds. The van der Waals surface area contributed by atoms with Crippen molar-refractivity contribution in [3.05, 3.63) is 63.6 Å². The lowest BCUT2D eigenvalue weighted by Gasteiger charge is -2.11. The Morgan fingerprint density at radius 1 is 0.958 bits per heavy atom. The first kappa shape index (κ1) is 18.2. The second-order valence-electron chi connectivity index (χ2n) is 4.73. The number of benzene rings is 2. The van der Waals surface area contributed by atoms with E-state index in [1.807, 2.05) is 0 Å². The number of amides is 2. The number of nitrogens with one attached hydrogen (secondary N) is 3. The van der Waals surface area contributed by atoms with E-state index in [4.69, 9.17) is 35.4 Å². The monoisotopic (exact) mass is 381 g/mol. The topological polar surface area (TPSA) is 70.2 Å². The van der Waals surface area contributed by atoms with Gasteiger partial charge < -0.3 is 10.6 Å². The molecule has 3 N–H and O–H groups in total. The minimum absolute atomic E-state index is 0.0881. The Bertz CT molecular complexity index is 791. The molecule has 8 heteroatoms. The number of halogens is 2. The van der Waals surface area contributed by atoms with Crippen LogP contribution in [0.25, 0.3) is 0 Å². The minimum Gasteiger partial charge on any atom is -0.355 e. The minimum atomic E-state index is -0.445. The second-order valence-corrected chi connectivity index (χ2v) is 6.01. The van der Waals surface area contributed by atoms with Gasteiger partial charge in [0.2, 0.25) is 0 Å². The van der Waals surface area contributed by atoms with Gasteiger partial charge in [-0.25, -0.2) is 0 Å². The summed E-state index contributed by atoms with van der Waals surface area (Å²) in [5.74, 6) is -0.665. The molecule has 0 spiro atoms.